The van der Waals surface area contributed by atoms with Gasteiger partial charge in [0.2, 0.25) is 5.76 Å². The van der Waals surface area contributed by atoms with E-state index < -0.39 is 17.7 Å². The lowest BCUT2D eigenvalue weighted by atomic mass is 9.88. The Hall–Kier alpha value is -2.51. The molecule has 2 unspecified atom stereocenters. The van der Waals surface area contributed by atoms with Gasteiger partial charge in [-0.05, 0) is 57.1 Å². The summed E-state index contributed by atoms with van der Waals surface area (Å²) in [6, 6.07) is 1.77. The zero-order chi connectivity index (χ0) is 24.2. The molecule has 3 rings (SSSR count). The Labute approximate surface area is 196 Å². The van der Waals surface area contributed by atoms with Gasteiger partial charge in [0.1, 0.15) is 23.4 Å². The SMILES string of the molecule is CCOC(=O)C1=CC(=CCC(C)C)c2c(cc3c(c2OC)CC(C(C)(O)CCCCO)O3)O1. The number of rotatable bonds is 10. The zero-order valence-corrected chi connectivity index (χ0v) is 20.3. The Morgan fingerprint density at radius 1 is 1.33 bits per heavy atom. The highest BCUT2D eigenvalue weighted by molar-refractivity contribution is 5.95. The molecule has 0 saturated heterocycles. The summed E-state index contributed by atoms with van der Waals surface area (Å²) in [5.41, 5.74) is 1.42. The third-order valence-corrected chi connectivity index (χ3v) is 6.04. The van der Waals surface area contributed by atoms with Crippen molar-refractivity contribution in [3.8, 4) is 17.2 Å². The van der Waals surface area contributed by atoms with Gasteiger partial charge >= 0.3 is 5.97 Å². The fourth-order valence-corrected chi connectivity index (χ4v) is 4.20. The summed E-state index contributed by atoms with van der Waals surface area (Å²) in [7, 11) is 1.60. The largest absolute Gasteiger partial charge is 0.496 e. The van der Waals surface area contributed by atoms with Crippen LogP contribution < -0.4 is 14.2 Å². The number of fused-ring (bicyclic) bond motifs is 2. The highest BCUT2D eigenvalue weighted by atomic mass is 16.6. The molecule has 7 nitrogen and oxygen atoms in total. The summed E-state index contributed by atoms with van der Waals surface area (Å²) >= 11 is 0. The van der Waals surface area contributed by atoms with E-state index >= 15 is 0 Å². The molecule has 33 heavy (non-hydrogen) atoms. The smallest absolute Gasteiger partial charge is 0.374 e. The van der Waals surface area contributed by atoms with Crippen molar-refractivity contribution in [2.45, 2.75) is 71.5 Å². The molecule has 1 aromatic rings. The molecule has 0 radical (unpaired) electrons. The first kappa shape index (κ1) is 25.1. The van der Waals surface area contributed by atoms with Crippen LogP contribution in [0.3, 0.4) is 0 Å². The third-order valence-electron chi connectivity index (χ3n) is 6.04. The second-order valence-electron chi connectivity index (χ2n) is 9.23. The monoisotopic (exact) mass is 460 g/mol. The second-order valence-corrected chi connectivity index (χ2v) is 9.23. The number of benzene rings is 1. The van der Waals surface area contributed by atoms with E-state index in [1.54, 1.807) is 33.1 Å². The number of aliphatic hydroxyl groups is 2. The van der Waals surface area contributed by atoms with Crippen LogP contribution in [0.2, 0.25) is 0 Å². The molecule has 0 saturated carbocycles. The normalized spacial score (nSPS) is 19.8. The van der Waals surface area contributed by atoms with Crippen LogP contribution in [0.5, 0.6) is 17.2 Å². The van der Waals surface area contributed by atoms with Crippen molar-refractivity contribution in [3.63, 3.8) is 0 Å². The van der Waals surface area contributed by atoms with E-state index in [9.17, 15) is 9.90 Å². The Morgan fingerprint density at radius 2 is 2.09 bits per heavy atom. The number of esters is 1. The van der Waals surface area contributed by atoms with Gasteiger partial charge in [0.25, 0.3) is 0 Å². The summed E-state index contributed by atoms with van der Waals surface area (Å²) in [6.45, 7) is 8.12. The number of unbranched alkanes of at least 4 members (excludes halogenated alkanes) is 1. The van der Waals surface area contributed by atoms with Gasteiger partial charge in [0, 0.05) is 24.7 Å². The van der Waals surface area contributed by atoms with Crippen LogP contribution in [0.1, 0.15) is 64.5 Å². The van der Waals surface area contributed by atoms with E-state index in [1.165, 1.54) is 0 Å². The fourth-order valence-electron chi connectivity index (χ4n) is 4.20. The predicted molar refractivity (Wildman–Crippen MR) is 125 cm³/mol. The highest BCUT2D eigenvalue weighted by Crippen LogP contribution is 2.50. The molecule has 2 aliphatic rings. The first-order chi connectivity index (χ1) is 15.7. The zero-order valence-electron chi connectivity index (χ0n) is 20.3. The van der Waals surface area contributed by atoms with Crippen LogP contribution >= 0.6 is 0 Å². The van der Waals surface area contributed by atoms with Crippen LogP contribution in [0.15, 0.2) is 24.0 Å². The number of aliphatic hydroxyl groups excluding tert-OH is 1. The van der Waals surface area contributed by atoms with Crippen LogP contribution in [0, 0.1) is 5.92 Å². The van der Waals surface area contributed by atoms with Gasteiger partial charge in [-0.25, -0.2) is 4.79 Å². The molecule has 0 bridgehead atoms. The molecule has 2 heterocycles. The molecule has 2 N–H and O–H groups in total. The van der Waals surface area contributed by atoms with Crippen LogP contribution in [-0.2, 0) is 16.0 Å². The third kappa shape index (κ3) is 5.53. The van der Waals surface area contributed by atoms with Gasteiger partial charge in [-0.2, -0.15) is 0 Å². The standard InChI is InChI=1S/C26H36O7/c1-6-31-25(28)21-13-17(10-9-16(2)3)23-20(32-21)15-19-18(24(23)30-5)14-22(33-19)26(4,29)11-7-8-12-27/h10,13,15-16,22,27,29H,6-9,11-12,14H2,1-5H3. The molecule has 0 fully saturated rings. The molecule has 0 aliphatic carbocycles. The quantitative estimate of drug-likeness (QED) is 0.399. The summed E-state index contributed by atoms with van der Waals surface area (Å²) in [4.78, 5) is 12.4. The Morgan fingerprint density at radius 3 is 2.73 bits per heavy atom. The number of methoxy groups -OCH3 is 1. The topological polar surface area (TPSA) is 94.5 Å². The molecule has 0 spiro atoms. The predicted octanol–water partition coefficient (Wildman–Crippen LogP) is 4.18. The molecule has 2 atom stereocenters. The molecule has 2 aliphatic heterocycles. The fraction of sp³-hybridized carbons (Fsp3) is 0.577. The molecular formula is C26H36O7. The number of carbonyl (C=O) groups is 1. The maximum atomic E-state index is 12.4. The Balaban J connectivity index is 2.00. The van der Waals surface area contributed by atoms with Crippen LogP contribution in [0.4, 0.5) is 0 Å². The lowest BCUT2D eigenvalue weighted by Gasteiger charge is -2.29. The maximum absolute atomic E-state index is 12.4. The molecular weight excluding hydrogens is 424 g/mol. The van der Waals surface area contributed by atoms with Crippen molar-refractivity contribution in [1.29, 1.82) is 0 Å². The van der Waals surface area contributed by atoms with Gasteiger partial charge in [-0.15, -0.1) is 0 Å². The highest BCUT2D eigenvalue weighted by Gasteiger charge is 2.41. The minimum absolute atomic E-state index is 0.0982. The van der Waals surface area contributed by atoms with Gasteiger partial charge in [-0.1, -0.05) is 19.9 Å². The lowest BCUT2D eigenvalue weighted by Crippen LogP contribution is -2.42. The summed E-state index contributed by atoms with van der Waals surface area (Å²) in [5, 5.41) is 20.1. The number of hydrogen-bond acceptors (Lipinski definition) is 7. The number of ether oxygens (including phenoxy) is 4. The molecule has 1 aromatic carbocycles. The molecule has 7 heteroatoms. The van der Waals surface area contributed by atoms with E-state index in [0.29, 0.717) is 48.8 Å². The van der Waals surface area contributed by atoms with E-state index in [-0.39, 0.29) is 19.0 Å². The Bertz CT molecular complexity index is 927. The second kappa shape index (κ2) is 10.6. The van der Waals surface area contributed by atoms with Crippen molar-refractivity contribution >= 4 is 11.5 Å². The molecule has 182 valence electrons. The van der Waals surface area contributed by atoms with Gasteiger partial charge in [0.15, 0.2) is 0 Å². The van der Waals surface area contributed by atoms with Gasteiger partial charge in [0.05, 0.1) is 24.9 Å². The summed E-state index contributed by atoms with van der Waals surface area (Å²) < 4.78 is 23.1. The minimum Gasteiger partial charge on any atom is -0.496 e. The van der Waals surface area contributed by atoms with E-state index in [0.717, 1.165) is 23.1 Å². The number of carbonyl (C=O) groups excluding carboxylic acids is 1. The van der Waals surface area contributed by atoms with E-state index in [4.69, 9.17) is 24.1 Å². The minimum atomic E-state index is -1.06. The van der Waals surface area contributed by atoms with Crippen molar-refractivity contribution in [2.75, 3.05) is 20.3 Å². The molecule has 0 aromatic heterocycles. The van der Waals surface area contributed by atoms with Crippen LogP contribution in [-0.4, -0.2) is 48.2 Å². The van der Waals surface area contributed by atoms with Gasteiger partial charge < -0.3 is 29.2 Å². The first-order valence-electron chi connectivity index (χ1n) is 11.7. The van der Waals surface area contributed by atoms with E-state index in [1.807, 2.05) is 0 Å². The first-order valence-corrected chi connectivity index (χ1v) is 11.7. The average Bonchev–Trinajstić information content (AvgIpc) is 3.20. The summed E-state index contributed by atoms with van der Waals surface area (Å²) in [5.74, 6) is 1.70. The van der Waals surface area contributed by atoms with E-state index in [2.05, 4.69) is 19.9 Å². The van der Waals surface area contributed by atoms with Crippen molar-refractivity contribution < 1.29 is 34.0 Å². The van der Waals surface area contributed by atoms with Crippen molar-refractivity contribution in [2.24, 2.45) is 5.92 Å². The maximum Gasteiger partial charge on any atom is 0.374 e. The van der Waals surface area contributed by atoms with Crippen LogP contribution in [0.25, 0.3) is 5.57 Å². The van der Waals surface area contributed by atoms with Crippen molar-refractivity contribution in [1.82, 2.24) is 0 Å². The summed E-state index contributed by atoms with van der Waals surface area (Å²) in [6.07, 6.45) is 6.49. The number of hydrogen-bond donors (Lipinski definition) is 2. The van der Waals surface area contributed by atoms with Gasteiger partial charge in [-0.3, -0.25) is 0 Å². The van der Waals surface area contributed by atoms with Crippen molar-refractivity contribution in [3.05, 3.63) is 35.1 Å². The Kier molecular flexibility index (Phi) is 8.08. The average molecular weight is 461 g/mol. The molecule has 0 amide bonds. The number of allylic oxidation sites excluding steroid dienone is 3. The lowest BCUT2D eigenvalue weighted by molar-refractivity contribution is -0.141.